The molecule has 1 saturated heterocycles. The maximum absolute atomic E-state index is 3.80. The van der Waals surface area contributed by atoms with Crippen LogP contribution in [0.15, 0.2) is 0 Å². The van der Waals surface area contributed by atoms with Gasteiger partial charge in [0.2, 0.25) is 0 Å². The first-order valence-electron chi connectivity index (χ1n) is 5.52. The van der Waals surface area contributed by atoms with Crippen molar-refractivity contribution in [1.29, 1.82) is 0 Å². The van der Waals surface area contributed by atoms with E-state index in [0.717, 1.165) is 29.8 Å². The molecule has 1 nitrogen and oxygen atoms in total. The lowest BCUT2D eigenvalue weighted by molar-refractivity contribution is 0.374. The summed E-state index contributed by atoms with van der Waals surface area (Å²) in [7, 11) is 0. The largest absolute Gasteiger partial charge is 0.310 e. The number of hydrogen-bond donors (Lipinski definition) is 1. The summed E-state index contributed by atoms with van der Waals surface area (Å²) in [6, 6.07) is 1.54. The molecular weight excluding hydrogens is 178 g/mol. The Labute approximate surface area is 86.0 Å². The Morgan fingerprint density at radius 2 is 1.92 bits per heavy atom. The van der Waals surface area contributed by atoms with Gasteiger partial charge in [-0.25, -0.2) is 0 Å². The van der Waals surface area contributed by atoms with Gasteiger partial charge in [-0.1, -0.05) is 13.8 Å². The van der Waals surface area contributed by atoms with Crippen molar-refractivity contribution in [2.45, 2.75) is 39.3 Å². The van der Waals surface area contributed by atoms with Crippen molar-refractivity contribution in [3.05, 3.63) is 0 Å². The molecule has 0 aromatic carbocycles. The maximum Gasteiger partial charge on any atom is 0.0194 e. The summed E-state index contributed by atoms with van der Waals surface area (Å²) in [5.74, 6) is 5.50. The second-order valence-electron chi connectivity index (χ2n) is 4.95. The second kappa shape index (κ2) is 3.82. The van der Waals surface area contributed by atoms with Crippen LogP contribution < -0.4 is 5.32 Å². The minimum Gasteiger partial charge on any atom is -0.310 e. The third kappa shape index (κ3) is 2.21. The van der Waals surface area contributed by atoms with Gasteiger partial charge in [-0.15, -0.1) is 0 Å². The summed E-state index contributed by atoms with van der Waals surface area (Å²) >= 11 is 2.10. The van der Waals surface area contributed by atoms with Crippen molar-refractivity contribution in [3.8, 4) is 0 Å². The molecule has 0 radical (unpaired) electrons. The quantitative estimate of drug-likeness (QED) is 0.749. The summed E-state index contributed by atoms with van der Waals surface area (Å²) < 4.78 is 0. The Hall–Kier alpha value is 0.310. The number of thioether (sulfide) groups is 1. The van der Waals surface area contributed by atoms with Gasteiger partial charge >= 0.3 is 0 Å². The molecule has 5 unspecified atom stereocenters. The third-order valence-electron chi connectivity index (χ3n) is 3.66. The molecule has 0 aromatic rings. The molecule has 0 spiro atoms. The van der Waals surface area contributed by atoms with Crippen LogP contribution >= 0.6 is 11.8 Å². The van der Waals surface area contributed by atoms with Crippen molar-refractivity contribution >= 4 is 11.8 Å². The standard InChI is InChI=1S/C11H21NS/c1-7-4-10(7)9(3)12-11-6-13-5-8(11)2/h7-12H,4-6H2,1-3H3. The predicted octanol–water partition coefficient (Wildman–Crippen LogP) is 2.37. The highest BCUT2D eigenvalue weighted by atomic mass is 32.2. The molecule has 1 saturated carbocycles. The SMILES string of the molecule is CC1CSCC1NC(C)C1CC1C. The van der Waals surface area contributed by atoms with E-state index in [2.05, 4.69) is 37.8 Å². The highest BCUT2D eigenvalue weighted by Crippen LogP contribution is 2.41. The van der Waals surface area contributed by atoms with Crippen LogP contribution in [0.25, 0.3) is 0 Å². The van der Waals surface area contributed by atoms with Crippen LogP contribution in [0.3, 0.4) is 0 Å². The van der Waals surface area contributed by atoms with Gasteiger partial charge in [0.15, 0.2) is 0 Å². The summed E-state index contributed by atoms with van der Waals surface area (Å²) in [6.45, 7) is 7.11. The number of rotatable bonds is 3. The molecule has 2 aliphatic rings. The van der Waals surface area contributed by atoms with E-state index in [4.69, 9.17) is 0 Å². The lowest BCUT2D eigenvalue weighted by Gasteiger charge is -2.22. The van der Waals surface area contributed by atoms with Gasteiger partial charge in [0.1, 0.15) is 0 Å². The van der Waals surface area contributed by atoms with Crippen LogP contribution in [-0.4, -0.2) is 23.6 Å². The van der Waals surface area contributed by atoms with Crippen LogP contribution in [-0.2, 0) is 0 Å². The molecule has 5 atom stereocenters. The van der Waals surface area contributed by atoms with Gasteiger partial charge in [-0.05, 0) is 36.9 Å². The van der Waals surface area contributed by atoms with Crippen molar-refractivity contribution in [3.63, 3.8) is 0 Å². The molecule has 2 heteroatoms. The van der Waals surface area contributed by atoms with Crippen molar-refractivity contribution in [1.82, 2.24) is 5.32 Å². The van der Waals surface area contributed by atoms with E-state index < -0.39 is 0 Å². The van der Waals surface area contributed by atoms with E-state index in [1.165, 1.54) is 17.9 Å². The average molecular weight is 199 g/mol. The van der Waals surface area contributed by atoms with Crippen molar-refractivity contribution < 1.29 is 0 Å². The second-order valence-corrected chi connectivity index (χ2v) is 6.03. The Balaban J connectivity index is 1.77. The zero-order valence-corrected chi connectivity index (χ0v) is 9.73. The van der Waals surface area contributed by atoms with E-state index in [0.29, 0.717) is 0 Å². The van der Waals surface area contributed by atoms with Crippen LogP contribution in [0.2, 0.25) is 0 Å². The Morgan fingerprint density at radius 3 is 2.38 bits per heavy atom. The van der Waals surface area contributed by atoms with Gasteiger partial charge in [-0.3, -0.25) is 0 Å². The Morgan fingerprint density at radius 1 is 1.23 bits per heavy atom. The van der Waals surface area contributed by atoms with Gasteiger partial charge in [0, 0.05) is 17.8 Å². The average Bonchev–Trinajstić information content (AvgIpc) is 2.68. The van der Waals surface area contributed by atoms with E-state index in [9.17, 15) is 0 Å². The predicted molar refractivity (Wildman–Crippen MR) is 60.1 cm³/mol. The van der Waals surface area contributed by atoms with Gasteiger partial charge in [0.25, 0.3) is 0 Å². The normalized spacial score (nSPS) is 46.4. The molecule has 0 amide bonds. The zero-order chi connectivity index (χ0) is 9.42. The van der Waals surface area contributed by atoms with Crippen molar-refractivity contribution in [2.75, 3.05) is 11.5 Å². The van der Waals surface area contributed by atoms with Gasteiger partial charge < -0.3 is 5.32 Å². The first kappa shape index (κ1) is 9.85. The minimum absolute atomic E-state index is 0.751. The number of nitrogens with one attached hydrogen (secondary N) is 1. The van der Waals surface area contributed by atoms with Gasteiger partial charge in [0.05, 0.1) is 0 Å². The fourth-order valence-corrected chi connectivity index (χ4v) is 3.80. The van der Waals surface area contributed by atoms with Crippen LogP contribution in [0.1, 0.15) is 27.2 Å². The molecule has 1 heterocycles. The first-order chi connectivity index (χ1) is 6.18. The lowest BCUT2D eigenvalue weighted by Crippen LogP contribution is -2.41. The van der Waals surface area contributed by atoms with E-state index >= 15 is 0 Å². The van der Waals surface area contributed by atoms with Crippen molar-refractivity contribution in [2.24, 2.45) is 17.8 Å². The molecule has 13 heavy (non-hydrogen) atoms. The maximum atomic E-state index is 3.80. The Bertz CT molecular complexity index is 183. The molecule has 1 N–H and O–H groups in total. The smallest absolute Gasteiger partial charge is 0.0194 e. The van der Waals surface area contributed by atoms with Crippen LogP contribution in [0.5, 0.6) is 0 Å². The molecule has 2 fully saturated rings. The zero-order valence-electron chi connectivity index (χ0n) is 8.92. The molecule has 1 aliphatic heterocycles. The fraction of sp³-hybridized carbons (Fsp3) is 1.00. The van der Waals surface area contributed by atoms with E-state index in [-0.39, 0.29) is 0 Å². The monoisotopic (exact) mass is 199 g/mol. The minimum atomic E-state index is 0.751. The molecular formula is C11H21NS. The van der Waals surface area contributed by atoms with Gasteiger partial charge in [-0.2, -0.15) is 11.8 Å². The molecule has 2 rings (SSSR count). The van der Waals surface area contributed by atoms with E-state index in [1.54, 1.807) is 0 Å². The van der Waals surface area contributed by atoms with Crippen LogP contribution in [0.4, 0.5) is 0 Å². The number of hydrogen-bond acceptors (Lipinski definition) is 2. The third-order valence-corrected chi connectivity index (χ3v) is 5.01. The molecule has 0 aromatic heterocycles. The summed E-state index contributed by atoms with van der Waals surface area (Å²) in [5.41, 5.74) is 0. The van der Waals surface area contributed by atoms with Crippen LogP contribution in [0, 0.1) is 17.8 Å². The summed E-state index contributed by atoms with van der Waals surface area (Å²) in [4.78, 5) is 0. The molecule has 1 aliphatic carbocycles. The molecule has 0 bridgehead atoms. The summed E-state index contributed by atoms with van der Waals surface area (Å²) in [6.07, 6.45) is 1.45. The molecule has 76 valence electrons. The first-order valence-corrected chi connectivity index (χ1v) is 6.67. The topological polar surface area (TPSA) is 12.0 Å². The highest BCUT2D eigenvalue weighted by Gasteiger charge is 2.38. The fourth-order valence-electron chi connectivity index (χ4n) is 2.38. The van der Waals surface area contributed by atoms with E-state index in [1.807, 2.05) is 0 Å². The summed E-state index contributed by atoms with van der Waals surface area (Å²) in [5, 5.41) is 3.80. The lowest BCUT2D eigenvalue weighted by atomic mass is 10.0. The Kier molecular flexibility index (Phi) is 2.89. The highest BCUT2D eigenvalue weighted by molar-refractivity contribution is 7.99.